The Kier molecular flexibility index (Phi) is 4.93. The van der Waals surface area contributed by atoms with Crippen LogP contribution in [0.1, 0.15) is 53.9 Å². The highest BCUT2D eigenvalue weighted by atomic mass is 16.6. The number of carbonyl (C=O) groups is 3. The molecule has 2 aliphatic rings. The van der Waals surface area contributed by atoms with Gasteiger partial charge in [0.15, 0.2) is 0 Å². The van der Waals surface area contributed by atoms with Crippen molar-refractivity contribution >= 4 is 28.8 Å². The van der Waals surface area contributed by atoms with E-state index < -0.39 is 11.5 Å². The molecule has 1 N–H and O–H groups in total. The maximum Gasteiger partial charge on any atom is 0.338 e. The number of carbonyl (C=O) groups excluding carboxylic acids is 3. The molecule has 1 fully saturated rings. The molecule has 0 aliphatic carbocycles. The molecule has 1 aromatic heterocycles. The predicted octanol–water partition coefficient (Wildman–Crippen LogP) is 3.84. The average Bonchev–Trinajstić information content (AvgIpc) is 3.08. The number of esters is 1. The molecule has 1 saturated heterocycles. The van der Waals surface area contributed by atoms with E-state index in [9.17, 15) is 19.5 Å². The number of hydrogen-bond acceptors (Lipinski definition) is 5. The van der Waals surface area contributed by atoms with Crippen molar-refractivity contribution < 1.29 is 24.2 Å². The van der Waals surface area contributed by atoms with Gasteiger partial charge in [-0.15, -0.1) is 0 Å². The Balaban J connectivity index is 1.55. The third-order valence-corrected chi connectivity index (χ3v) is 6.41. The van der Waals surface area contributed by atoms with Crippen molar-refractivity contribution in [3.8, 4) is 5.75 Å². The van der Waals surface area contributed by atoms with E-state index in [0.29, 0.717) is 25.2 Å². The number of imide groups is 1. The molecule has 2 aliphatic heterocycles. The second kappa shape index (κ2) is 7.62. The van der Waals surface area contributed by atoms with Crippen molar-refractivity contribution in [2.75, 3.05) is 13.6 Å². The van der Waals surface area contributed by atoms with E-state index in [1.165, 1.54) is 11.9 Å². The van der Waals surface area contributed by atoms with Crippen LogP contribution in [-0.4, -0.2) is 56.6 Å². The third kappa shape index (κ3) is 3.59. The maximum absolute atomic E-state index is 13.0. The fourth-order valence-electron chi connectivity index (χ4n) is 4.87. The lowest BCUT2D eigenvalue weighted by atomic mass is 9.89. The Bertz CT molecular complexity index is 1330. The normalized spacial score (nSPS) is 17.8. The number of aromatic nitrogens is 1. The molecule has 0 saturated carbocycles. The van der Waals surface area contributed by atoms with Gasteiger partial charge in [0.25, 0.3) is 0 Å². The zero-order chi connectivity index (χ0) is 24.4. The Labute approximate surface area is 197 Å². The number of urea groups is 1. The lowest BCUT2D eigenvalue weighted by Crippen LogP contribution is -2.56. The van der Waals surface area contributed by atoms with Crippen LogP contribution in [0.4, 0.5) is 4.79 Å². The van der Waals surface area contributed by atoms with Crippen LogP contribution in [0.25, 0.3) is 10.9 Å². The average molecular weight is 462 g/mol. The Hall–Kier alpha value is -3.81. The molecule has 5 rings (SSSR count). The molecule has 176 valence electrons. The van der Waals surface area contributed by atoms with Gasteiger partial charge in [0.1, 0.15) is 11.4 Å². The number of fused-ring (bicyclic) bond motifs is 6. The fourth-order valence-corrected chi connectivity index (χ4v) is 4.87. The lowest BCUT2D eigenvalue weighted by Gasteiger charge is -2.41. The molecule has 2 bridgehead atoms. The van der Waals surface area contributed by atoms with Crippen LogP contribution in [0.2, 0.25) is 0 Å². The summed E-state index contributed by atoms with van der Waals surface area (Å²) >= 11 is 0. The predicted molar refractivity (Wildman–Crippen MR) is 126 cm³/mol. The van der Waals surface area contributed by atoms with Gasteiger partial charge < -0.3 is 19.3 Å². The molecular weight excluding hydrogens is 434 g/mol. The van der Waals surface area contributed by atoms with Gasteiger partial charge in [-0.1, -0.05) is 12.1 Å². The number of likely N-dealkylation sites (N-methyl/N-ethyl adjacent to an activating group) is 1. The summed E-state index contributed by atoms with van der Waals surface area (Å²) in [6.07, 6.45) is 0. The minimum Gasteiger partial charge on any atom is -0.508 e. The number of aromatic hydroxyl groups is 1. The molecule has 0 radical (unpaired) electrons. The number of phenolic OH excluding ortho intramolecular Hbond substituents is 1. The van der Waals surface area contributed by atoms with Gasteiger partial charge >= 0.3 is 12.0 Å². The molecule has 0 unspecified atom stereocenters. The molecule has 1 atom stereocenters. The topological polar surface area (TPSA) is 92.1 Å². The summed E-state index contributed by atoms with van der Waals surface area (Å²) < 4.78 is 7.54. The van der Waals surface area contributed by atoms with Crippen LogP contribution >= 0.6 is 0 Å². The minimum absolute atomic E-state index is 0.129. The summed E-state index contributed by atoms with van der Waals surface area (Å²) in [4.78, 5) is 40.8. The molecule has 3 amide bonds. The van der Waals surface area contributed by atoms with Gasteiger partial charge in [0.05, 0.1) is 18.0 Å². The van der Waals surface area contributed by atoms with E-state index in [1.54, 1.807) is 29.2 Å². The van der Waals surface area contributed by atoms with Gasteiger partial charge in [-0.3, -0.25) is 9.69 Å². The molecule has 8 nitrogen and oxygen atoms in total. The highest BCUT2D eigenvalue weighted by molar-refractivity contribution is 6.04. The van der Waals surface area contributed by atoms with E-state index in [1.807, 2.05) is 39.0 Å². The first kappa shape index (κ1) is 22.0. The van der Waals surface area contributed by atoms with Gasteiger partial charge in [-0.25, -0.2) is 9.59 Å². The first-order chi connectivity index (χ1) is 16.0. The monoisotopic (exact) mass is 461 g/mol. The quantitative estimate of drug-likeness (QED) is 0.599. The summed E-state index contributed by atoms with van der Waals surface area (Å²) in [6.45, 7) is 6.70. The first-order valence-corrected chi connectivity index (χ1v) is 11.3. The zero-order valence-corrected chi connectivity index (χ0v) is 19.7. The molecule has 2 aromatic carbocycles. The summed E-state index contributed by atoms with van der Waals surface area (Å²) in [5.74, 6) is -0.942. The van der Waals surface area contributed by atoms with Crippen molar-refractivity contribution in [1.29, 1.82) is 0 Å². The number of phenols is 1. The molecule has 3 heterocycles. The van der Waals surface area contributed by atoms with Crippen molar-refractivity contribution in [2.24, 2.45) is 0 Å². The highest BCUT2D eigenvalue weighted by Gasteiger charge is 2.44. The van der Waals surface area contributed by atoms with Crippen LogP contribution < -0.4 is 0 Å². The van der Waals surface area contributed by atoms with E-state index in [4.69, 9.17) is 4.74 Å². The van der Waals surface area contributed by atoms with Crippen molar-refractivity contribution in [3.05, 3.63) is 64.8 Å². The van der Waals surface area contributed by atoms with E-state index in [-0.39, 0.29) is 23.7 Å². The van der Waals surface area contributed by atoms with Crippen molar-refractivity contribution in [1.82, 2.24) is 14.4 Å². The minimum atomic E-state index is -0.569. The van der Waals surface area contributed by atoms with Crippen LogP contribution in [0.15, 0.2) is 42.5 Å². The van der Waals surface area contributed by atoms with Crippen molar-refractivity contribution in [2.45, 2.75) is 45.4 Å². The SMILES string of the molecule is CN1C(=O)[C@@H]2CN(Cc3c2c2cc(O)ccc2n3Cc2ccc(C(=O)OC(C)(C)C)cc2)C1=O. The molecule has 3 aromatic rings. The summed E-state index contributed by atoms with van der Waals surface area (Å²) in [6, 6.07) is 12.1. The number of benzene rings is 2. The summed E-state index contributed by atoms with van der Waals surface area (Å²) in [7, 11) is 1.51. The van der Waals surface area contributed by atoms with Crippen LogP contribution in [0.5, 0.6) is 5.75 Å². The standard InChI is InChI=1S/C26H27N3O5/c1-26(2,3)34-24(32)16-7-5-15(6-8-16)12-29-20-10-9-17(30)11-18(20)22-19-13-28(14-21(22)29)25(33)27(4)23(19)31/h5-11,19,30H,12-14H2,1-4H3/t19-/m1/s1. The van der Waals surface area contributed by atoms with Crippen LogP contribution in [0, 0.1) is 0 Å². The number of rotatable bonds is 3. The second-order valence-electron chi connectivity index (χ2n) is 9.96. The van der Waals surface area contributed by atoms with E-state index in [2.05, 4.69) is 4.57 Å². The Morgan fingerprint density at radius 2 is 1.82 bits per heavy atom. The number of amides is 3. The Morgan fingerprint density at radius 1 is 1.12 bits per heavy atom. The van der Waals surface area contributed by atoms with Crippen LogP contribution in [0.3, 0.4) is 0 Å². The number of ether oxygens (including phenoxy) is 1. The number of nitrogens with zero attached hydrogens (tertiary/aromatic N) is 3. The lowest BCUT2D eigenvalue weighted by molar-refractivity contribution is -0.132. The fraction of sp³-hybridized carbons (Fsp3) is 0.346. The van der Waals surface area contributed by atoms with Gasteiger partial charge in [-0.05, 0) is 62.2 Å². The molecule has 8 heteroatoms. The van der Waals surface area contributed by atoms with Crippen LogP contribution in [-0.2, 0) is 22.6 Å². The second-order valence-corrected chi connectivity index (χ2v) is 9.96. The molecule has 0 spiro atoms. The summed E-state index contributed by atoms with van der Waals surface area (Å²) in [5.41, 5.74) is 3.51. The Morgan fingerprint density at radius 3 is 2.50 bits per heavy atom. The smallest absolute Gasteiger partial charge is 0.338 e. The molecule has 34 heavy (non-hydrogen) atoms. The third-order valence-electron chi connectivity index (χ3n) is 6.41. The largest absolute Gasteiger partial charge is 0.508 e. The van der Waals surface area contributed by atoms with E-state index in [0.717, 1.165) is 27.7 Å². The maximum atomic E-state index is 13.0. The van der Waals surface area contributed by atoms with Gasteiger partial charge in [0.2, 0.25) is 5.91 Å². The van der Waals surface area contributed by atoms with Gasteiger partial charge in [-0.2, -0.15) is 0 Å². The van der Waals surface area contributed by atoms with E-state index >= 15 is 0 Å². The molecular formula is C26H27N3O5. The first-order valence-electron chi connectivity index (χ1n) is 11.3. The van der Waals surface area contributed by atoms with Crippen molar-refractivity contribution in [3.63, 3.8) is 0 Å². The highest BCUT2D eigenvalue weighted by Crippen LogP contribution is 2.41. The number of hydrogen-bond donors (Lipinski definition) is 1. The zero-order valence-electron chi connectivity index (χ0n) is 19.7. The summed E-state index contributed by atoms with van der Waals surface area (Å²) in [5, 5.41) is 11.0. The van der Waals surface area contributed by atoms with Gasteiger partial charge in [0, 0.05) is 36.7 Å².